The van der Waals surface area contributed by atoms with E-state index in [1.807, 2.05) is 109 Å². The number of hydrogen-bond acceptors (Lipinski definition) is 6. The van der Waals surface area contributed by atoms with Crippen LogP contribution < -0.4 is 14.9 Å². The summed E-state index contributed by atoms with van der Waals surface area (Å²) in [6, 6.07) is 26.9. The van der Waals surface area contributed by atoms with E-state index < -0.39 is 12.0 Å². The molecule has 40 heavy (non-hydrogen) atoms. The molecule has 0 N–H and O–H groups in total. The quantitative estimate of drug-likeness (QED) is 0.303. The normalized spacial score (nSPS) is 15.1. The number of methoxy groups -OCH3 is 1. The van der Waals surface area contributed by atoms with Gasteiger partial charge in [-0.2, -0.15) is 5.10 Å². The molecule has 0 saturated heterocycles. The van der Waals surface area contributed by atoms with E-state index in [0.717, 1.165) is 33.6 Å². The number of esters is 1. The monoisotopic (exact) mass is 546 g/mol. The highest BCUT2D eigenvalue weighted by Crippen LogP contribution is 2.30. The molecule has 0 bridgehead atoms. The van der Waals surface area contributed by atoms with Gasteiger partial charge in [0.15, 0.2) is 4.80 Å². The lowest BCUT2D eigenvalue weighted by Crippen LogP contribution is -2.39. The first-order chi connectivity index (χ1) is 19.4. The van der Waals surface area contributed by atoms with Gasteiger partial charge in [-0.05, 0) is 37.6 Å². The third-order valence-corrected chi connectivity index (χ3v) is 7.90. The Morgan fingerprint density at radius 1 is 0.950 bits per heavy atom. The SMILES string of the molecule is COC(=O)C1=C(C)N=c2sc(=Cc3cn(-c4ccccc4)nc3-c3ccc(C)cc3)c(=O)n2[C@H]1c1ccccc1. The zero-order chi connectivity index (χ0) is 27.8. The van der Waals surface area contributed by atoms with Crippen LogP contribution in [0.5, 0.6) is 0 Å². The van der Waals surface area contributed by atoms with Crippen molar-refractivity contribution in [3.8, 4) is 16.9 Å². The molecular weight excluding hydrogens is 520 g/mol. The Hall–Kier alpha value is -4.82. The minimum Gasteiger partial charge on any atom is -0.466 e. The van der Waals surface area contributed by atoms with Crippen molar-refractivity contribution in [2.45, 2.75) is 19.9 Å². The maximum atomic E-state index is 14.0. The summed E-state index contributed by atoms with van der Waals surface area (Å²) in [6.07, 6.45) is 3.80. The van der Waals surface area contributed by atoms with Gasteiger partial charge >= 0.3 is 5.97 Å². The van der Waals surface area contributed by atoms with Crippen LogP contribution in [0.2, 0.25) is 0 Å². The van der Waals surface area contributed by atoms with Crippen LogP contribution in [0.4, 0.5) is 0 Å². The lowest BCUT2D eigenvalue weighted by molar-refractivity contribution is -0.136. The topological polar surface area (TPSA) is 78.5 Å². The van der Waals surface area contributed by atoms with E-state index in [-0.39, 0.29) is 5.56 Å². The first-order valence-corrected chi connectivity index (χ1v) is 13.6. The van der Waals surface area contributed by atoms with Crippen molar-refractivity contribution >= 4 is 23.4 Å². The van der Waals surface area contributed by atoms with Crippen LogP contribution in [0.15, 0.2) is 112 Å². The molecule has 0 radical (unpaired) electrons. The summed E-state index contributed by atoms with van der Waals surface area (Å²) < 4.78 is 9.02. The van der Waals surface area contributed by atoms with Gasteiger partial charge in [-0.1, -0.05) is 89.7 Å². The van der Waals surface area contributed by atoms with Crippen molar-refractivity contribution < 1.29 is 9.53 Å². The zero-order valence-electron chi connectivity index (χ0n) is 22.2. The second kappa shape index (κ2) is 10.4. The summed E-state index contributed by atoms with van der Waals surface area (Å²) in [7, 11) is 1.34. The predicted molar refractivity (Wildman–Crippen MR) is 156 cm³/mol. The predicted octanol–water partition coefficient (Wildman–Crippen LogP) is 4.57. The fourth-order valence-corrected chi connectivity index (χ4v) is 5.96. The fraction of sp³-hybridized carbons (Fsp3) is 0.125. The number of nitrogens with zero attached hydrogens (tertiary/aromatic N) is 4. The van der Waals surface area contributed by atoms with Gasteiger partial charge in [0.1, 0.15) is 0 Å². The van der Waals surface area contributed by atoms with Crippen molar-refractivity contribution in [1.82, 2.24) is 14.3 Å². The lowest BCUT2D eigenvalue weighted by Gasteiger charge is -2.24. The molecule has 6 rings (SSSR count). The highest BCUT2D eigenvalue weighted by atomic mass is 32.1. The third kappa shape index (κ3) is 4.52. The summed E-state index contributed by atoms with van der Waals surface area (Å²) >= 11 is 1.30. The van der Waals surface area contributed by atoms with Crippen LogP contribution in [0.25, 0.3) is 23.0 Å². The van der Waals surface area contributed by atoms with Crippen LogP contribution in [-0.4, -0.2) is 27.4 Å². The Morgan fingerprint density at radius 2 is 1.62 bits per heavy atom. The number of hydrogen-bond donors (Lipinski definition) is 0. The largest absolute Gasteiger partial charge is 0.466 e. The molecule has 7 nitrogen and oxygen atoms in total. The standard InChI is InChI=1S/C32H26N4O3S/c1-20-14-16-22(17-15-20)28-24(19-35(34-28)25-12-8-5-9-13-25)18-26-30(37)36-29(23-10-6-4-7-11-23)27(31(38)39-3)21(2)33-32(36)40-26/h4-19,29H,1-3H3/t29-/m0/s1. The average molecular weight is 547 g/mol. The van der Waals surface area contributed by atoms with Crippen LogP contribution in [-0.2, 0) is 9.53 Å². The number of allylic oxidation sites excluding steroid dienone is 1. The van der Waals surface area contributed by atoms with Crippen LogP contribution in [0.1, 0.15) is 29.7 Å². The molecule has 0 aliphatic carbocycles. The number of carbonyl (C=O) groups is 1. The van der Waals surface area contributed by atoms with Gasteiger partial charge in [0.05, 0.1) is 40.3 Å². The Balaban J connectivity index is 1.57. The van der Waals surface area contributed by atoms with Gasteiger partial charge in [0.25, 0.3) is 5.56 Å². The summed E-state index contributed by atoms with van der Waals surface area (Å²) in [4.78, 5) is 32.1. The van der Waals surface area contributed by atoms with Gasteiger partial charge in [-0.15, -0.1) is 0 Å². The van der Waals surface area contributed by atoms with Crippen molar-refractivity contribution in [2.24, 2.45) is 4.99 Å². The molecule has 5 aromatic rings. The van der Waals surface area contributed by atoms with Crippen LogP contribution in [0.3, 0.4) is 0 Å². The third-order valence-electron chi connectivity index (χ3n) is 6.92. The molecule has 1 aliphatic rings. The molecule has 3 aromatic carbocycles. The number of rotatable bonds is 5. The Kier molecular flexibility index (Phi) is 6.61. The second-order valence-electron chi connectivity index (χ2n) is 9.56. The van der Waals surface area contributed by atoms with Crippen molar-refractivity contribution in [1.29, 1.82) is 0 Å². The fourth-order valence-electron chi connectivity index (χ4n) is 4.93. The Bertz CT molecular complexity index is 1930. The molecule has 0 fully saturated rings. The second-order valence-corrected chi connectivity index (χ2v) is 10.6. The van der Waals surface area contributed by atoms with Gasteiger partial charge < -0.3 is 4.74 Å². The molecule has 1 atom stereocenters. The molecule has 198 valence electrons. The summed E-state index contributed by atoms with van der Waals surface area (Å²) in [5, 5.41) is 4.90. The number of ether oxygens (including phenoxy) is 1. The van der Waals surface area contributed by atoms with E-state index in [4.69, 9.17) is 9.84 Å². The highest BCUT2D eigenvalue weighted by molar-refractivity contribution is 7.07. The maximum absolute atomic E-state index is 14.0. The molecule has 1 aliphatic heterocycles. The molecular formula is C32H26N4O3S. The minimum absolute atomic E-state index is 0.228. The molecule has 0 amide bonds. The number of benzene rings is 3. The first kappa shape index (κ1) is 25.5. The molecule has 8 heteroatoms. The average Bonchev–Trinajstić information content (AvgIpc) is 3.54. The molecule has 3 heterocycles. The Labute approximate surface area is 234 Å². The zero-order valence-corrected chi connectivity index (χ0v) is 23.1. The lowest BCUT2D eigenvalue weighted by atomic mass is 9.96. The summed E-state index contributed by atoms with van der Waals surface area (Å²) in [6.45, 7) is 3.82. The van der Waals surface area contributed by atoms with Gasteiger partial charge in [0.2, 0.25) is 0 Å². The molecule has 0 unspecified atom stereocenters. The van der Waals surface area contributed by atoms with Crippen molar-refractivity contribution in [3.63, 3.8) is 0 Å². The van der Waals surface area contributed by atoms with Gasteiger partial charge in [-0.3, -0.25) is 9.36 Å². The van der Waals surface area contributed by atoms with Crippen LogP contribution in [0, 0.1) is 6.92 Å². The van der Waals surface area contributed by atoms with Gasteiger partial charge in [0, 0.05) is 17.3 Å². The molecule has 0 saturated carbocycles. The number of thiazole rings is 1. The number of aryl methyl sites for hydroxylation is 1. The maximum Gasteiger partial charge on any atom is 0.338 e. The van der Waals surface area contributed by atoms with Crippen molar-refractivity contribution in [3.05, 3.63) is 139 Å². The number of fused-ring (bicyclic) bond motifs is 1. The van der Waals surface area contributed by atoms with Crippen LogP contribution >= 0.6 is 11.3 Å². The van der Waals surface area contributed by atoms with Gasteiger partial charge in [-0.25, -0.2) is 14.5 Å². The Morgan fingerprint density at radius 3 is 2.30 bits per heavy atom. The minimum atomic E-state index is -0.643. The highest BCUT2D eigenvalue weighted by Gasteiger charge is 2.33. The number of para-hydroxylation sites is 1. The van der Waals surface area contributed by atoms with E-state index in [9.17, 15) is 9.59 Å². The first-order valence-electron chi connectivity index (χ1n) is 12.8. The van der Waals surface area contributed by atoms with E-state index in [2.05, 4.69) is 4.99 Å². The van der Waals surface area contributed by atoms with E-state index >= 15 is 0 Å². The summed E-state index contributed by atoms with van der Waals surface area (Å²) in [5.74, 6) is -0.504. The number of carbonyl (C=O) groups excluding carboxylic acids is 1. The van der Waals surface area contributed by atoms with E-state index in [1.165, 1.54) is 18.4 Å². The smallest absolute Gasteiger partial charge is 0.338 e. The summed E-state index contributed by atoms with van der Waals surface area (Å²) in [5.41, 5.74) is 6.05. The van der Waals surface area contributed by atoms with E-state index in [0.29, 0.717) is 20.6 Å². The van der Waals surface area contributed by atoms with E-state index in [1.54, 1.807) is 11.5 Å². The molecule has 2 aromatic heterocycles. The van der Waals surface area contributed by atoms with Crippen molar-refractivity contribution in [2.75, 3.05) is 7.11 Å². The number of aromatic nitrogens is 3. The molecule has 0 spiro atoms.